The molecule has 148 valence electrons. The van der Waals surface area contributed by atoms with Gasteiger partial charge in [0.1, 0.15) is 13.2 Å². The van der Waals surface area contributed by atoms with E-state index in [4.69, 9.17) is 9.47 Å². The van der Waals surface area contributed by atoms with Crippen molar-refractivity contribution in [2.45, 2.75) is 23.2 Å². The van der Waals surface area contributed by atoms with Gasteiger partial charge in [-0.1, -0.05) is 30.3 Å². The van der Waals surface area contributed by atoms with Gasteiger partial charge in [-0.05, 0) is 30.5 Å². The third kappa shape index (κ3) is 3.12. The molecule has 7 nitrogen and oxygen atoms in total. The minimum Gasteiger partial charge on any atom is -0.486 e. The zero-order chi connectivity index (χ0) is 19.8. The number of carboxylic acids is 1. The highest BCUT2D eigenvalue weighted by molar-refractivity contribution is 7.89. The van der Waals surface area contributed by atoms with E-state index in [-0.39, 0.29) is 30.8 Å². The summed E-state index contributed by atoms with van der Waals surface area (Å²) in [5, 5.41) is 9.88. The molecular formula is C20H21NO6S. The summed E-state index contributed by atoms with van der Waals surface area (Å²) in [5.41, 5.74) is -0.362. The van der Waals surface area contributed by atoms with E-state index in [1.807, 2.05) is 6.07 Å². The van der Waals surface area contributed by atoms with Crippen LogP contribution in [0.25, 0.3) is 0 Å². The third-order valence-corrected chi connectivity index (χ3v) is 7.36. The molecule has 1 N–H and O–H groups in total. The van der Waals surface area contributed by atoms with Gasteiger partial charge >= 0.3 is 5.97 Å². The lowest BCUT2D eigenvalue weighted by Crippen LogP contribution is -2.49. The average molecular weight is 403 g/mol. The van der Waals surface area contributed by atoms with Crippen LogP contribution in [-0.4, -0.2) is 50.1 Å². The maximum atomic E-state index is 13.1. The highest BCUT2D eigenvalue weighted by atomic mass is 32.2. The Kier molecular flexibility index (Phi) is 4.76. The molecule has 1 fully saturated rings. The molecule has 0 aliphatic carbocycles. The van der Waals surface area contributed by atoms with Crippen LogP contribution >= 0.6 is 0 Å². The summed E-state index contributed by atoms with van der Waals surface area (Å²) in [6.45, 7) is 1.08. The lowest BCUT2D eigenvalue weighted by atomic mass is 9.73. The number of benzene rings is 2. The predicted octanol–water partition coefficient (Wildman–Crippen LogP) is 2.26. The van der Waals surface area contributed by atoms with Crippen LogP contribution in [0, 0.1) is 0 Å². The molecule has 1 saturated heterocycles. The number of fused-ring (bicyclic) bond motifs is 1. The number of aliphatic carboxylic acids is 1. The molecule has 2 heterocycles. The fourth-order valence-electron chi connectivity index (χ4n) is 3.82. The van der Waals surface area contributed by atoms with Gasteiger partial charge in [-0.25, -0.2) is 8.42 Å². The number of carbonyl (C=O) groups is 1. The van der Waals surface area contributed by atoms with Crippen LogP contribution in [-0.2, 0) is 20.2 Å². The molecule has 0 aromatic heterocycles. The fourth-order valence-corrected chi connectivity index (χ4v) is 5.28. The van der Waals surface area contributed by atoms with Crippen LogP contribution in [0.4, 0.5) is 0 Å². The summed E-state index contributed by atoms with van der Waals surface area (Å²) < 4.78 is 38.4. The number of ether oxygens (including phenoxy) is 2. The summed E-state index contributed by atoms with van der Waals surface area (Å²) in [4.78, 5) is 12.2. The van der Waals surface area contributed by atoms with Crippen molar-refractivity contribution in [2.24, 2.45) is 0 Å². The Morgan fingerprint density at radius 3 is 2.25 bits per heavy atom. The Labute approximate surface area is 163 Å². The Bertz CT molecular complexity index is 981. The van der Waals surface area contributed by atoms with Crippen molar-refractivity contribution in [3.63, 3.8) is 0 Å². The van der Waals surface area contributed by atoms with Crippen molar-refractivity contribution in [3.8, 4) is 11.5 Å². The molecule has 0 spiro atoms. The smallest absolute Gasteiger partial charge is 0.314 e. The van der Waals surface area contributed by atoms with Gasteiger partial charge in [0.2, 0.25) is 10.0 Å². The number of rotatable bonds is 4. The molecule has 0 saturated carbocycles. The highest BCUT2D eigenvalue weighted by Gasteiger charge is 2.45. The Hall–Kier alpha value is -2.58. The van der Waals surface area contributed by atoms with Crippen LogP contribution < -0.4 is 9.47 Å². The molecule has 0 atom stereocenters. The summed E-state index contributed by atoms with van der Waals surface area (Å²) in [7, 11) is -3.75. The van der Waals surface area contributed by atoms with Crippen LogP contribution in [0.5, 0.6) is 11.5 Å². The summed E-state index contributed by atoms with van der Waals surface area (Å²) in [6, 6.07) is 13.6. The van der Waals surface area contributed by atoms with E-state index in [1.165, 1.54) is 16.4 Å². The standard InChI is InChI=1S/C20H21NO6S/c22-19(23)20(15-4-2-1-3-5-15)8-10-21(11-9-20)28(24,25)16-6-7-17-18(14-16)27-13-12-26-17/h1-7,14H,8-13H2,(H,22,23). The molecule has 0 amide bonds. The SMILES string of the molecule is O=C(O)C1(c2ccccc2)CCN(S(=O)(=O)c2ccc3c(c2)OCCO3)CC1. The molecule has 0 unspecified atom stereocenters. The minimum atomic E-state index is -3.75. The molecule has 2 aliphatic rings. The average Bonchev–Trinajstić information content (AvgIpc) is 2.74. The summed E-state index contributed by atoms with van der Waals surface area (Å²) >= 11 is 0. The van der Waals surface area contributed by atoms with Crippen molar-refractivity contribution in [1.82, 2.24) is 4.31 Å². The van der Waals surface area contributed by atoms with E-state index in [9.17, 15) is 18.3 Å². The van der Waals surface area contributed by atoms with Gasteiger partial charge in [-0.15, -0.1) is 0 Å². The molecule has 0 bridgehead atoms. The van der Waals surface area contributed by atoms with Crippen molar-refractivity contribution in [2.75, 3.05) is 26.3 Å². The van der Waals surface area contributed by atoms with Gasteiger partial charge in [0.05, 0.1) is 10.3 Å². The first kappa shape index (κ1) is 18.8. The van der Waals surface area contributed by atoms with E-state index in [0.29, 0.717) is 30.3 Å². The zero-order valence-corrected chi connectivity index (χ0v) is 16.0. The lowest BCUT2D eigenvalue weighted by Gasteiger charge is -2.38. The molecule has 4 rings (SSSR count). The fraction of sp³-hybridized carbons (Fsp3) is 0.350. The molecule has 8 heteroatoms. The maximum Gasteiger partial charge on any atom is 0.314 e. The van der Waals surface area contributed by atoms with Crippen molar-refractivity contribution in [1.29, 1.82) is 0 Å². The second-order valence-corrected chi connectivity index (χ2v) is 8.90. The first-order valence-electron chi connectivity index (χ1n) is 9.12. The summed E-state index contributed by atoms with van der Waals surface area (Å²) in [6.07, 6.45) is 0.437. The largest absolute Gasteiger partial charge is 0.486 e. The quantitative estimate of drug-likeness (QED) is 0.842. The normalized spacial score (nSPS) is 19.1. The van der Waals surface area contributed by atoms with E-state index < -0.39 is 21.4 Å². The van der Waals surface area contributed by atoms with Crippen LogP contribution in [0.1, 0.15) is 18.4 Å². The lowest BCUT2D eigenvalue weighted by molar-refractivity contribution is -0.145. The molecule has 28 heavy (non-hydrogen) atoms. The van der Waals surface area contributed by atoms with Gasteiger partial charge < -0.3 is 14.6 Å². The first-order valence-corrected chi connectivity index (χ1v) is 10.6. The molecule has 2 aliphatic heterocycles. The van der Waals surface area contributed by atoms with Crippen LogP contribution in [0.15, 0.2) is 53.4 Å². The second-order valence-electron chi connectivity index (χ2n) is 6.96. The van der Waals surface area contributed by atoms with E-state index >= 15 is 0 Å². The second kappa shape index (κ2) is 7.10. The predicted molar refractivity (Wildman–Crippen MR) is 101 cm³/mol. The van der Waals surface area contributed by atoms with Crippen molar-refractivity contribution < 1.29 is 27.8 Å². The Balaban J connectivity index is 1.58. The van der Waals surface area contributed by atoms with Gasteiger partial charge in [-0.3, -0.25) is 4.79 Å². The van der Waals surface area contributed by atoms with Gasteiger partial charge in [0, 0.05) is 19.2 Å². The van der Waals surface area contributed by atoms with Crippen LogP contribution in [0.2, 0.25) is 0 Å². The number of carboxylic acid groups (broad SMARTS) is 1. The van der Waals surface area contributed by atoms with E-state index in [1.54, 1.807) is 30.3 Å². The number of nitrogens with zero attached hydrogens (tertiary/aromatic N) is 1. The maximum absolute atomic E-state index is 13.1. The molecule has 2 aromatic carbocycles. The number of hydrogen-bond donors (Lipinski definition) is 1. The number of piperidine rings is 1. The van der Waals surface area contributed by atoms with Crippen LogP contribution in [0.3, 0.4) is 0 Å². The Morgan fingerprint density at radius 2 is 1.61 bits per heavy atom. The van der Waals surface area contributed by atoms with Crippen molar-refractivity contribution >= 4 is 16.0 Å². The zero-order valence-electron chi connectivity index (χ0n) is 15.2. The van der Waals surface area contributed by atoms with Gasteiger partial charge in [0.25, 0.3) is 0 Å². The number of hydrogen-bond acceptors (Lipinski definition) is 5. The minimum absolute atomic E-state index is 0.124. The monoisotopic (exact) mass is 403 g/mol. The highest BCUT2D eigenvalue weighted by Crippen LogP contribution is 2.38. The molecule has 0 radical (unpaired) electrons. The third-order valence-electron chi connectivity index (χ3n) is 5.46. The van der Waals surface area contributed by atoms with Gasteiger partial charge in [0.15, 0.2) is 11.5 Å². The Morgan fingerprint density at radius 1 is 0.964 bits per heavy atom. The van der Waals surface area contributed by atoms with Gasteiger partial charge in [-0.2, -0.15) is 4.31 Å². The van der Waals surface area contributed by atoms with Crippen molar-refractivity contribution in [3.05, 3.63) is 54.1 Å². The van der Waals surface area contributed by atoms with E-state index in [2.05, 4.69) is 0 Å². The first-order chi connectivity index (χ1) is 13.4. The topological polar surface area (TPSA) is 93.1 Å². The summed E-state index contributed by atoms with van der Waals surface area (Å²) in [5.74, 6) is 0.0152. The number of sulfonamides is 1. The van der Waals surface area contributed by atoms with E-state index in [0.717, 1.165) is 0 Å². The molecule has 2 aromatic rings. The molecular weight excluding hydrogens is 382 g/mol.